The molecule has 0 aromatic heterocycles. The number of ether oxygens (including phenoxy) is 3. The molecule has 0 heterocycles. The van der Waals surface area contributed by atoms with Crippen LogP contribution in [0.1, 0.15) is 284 Å². The molecule has 6 nitrogen and oxygen atoms in total. The summed E-state index contributed by atoms with van der Waals surface area (Å²) in [5.74, 6) is -0.926. The number of carbonyl (C=O) groups is 3. The van der Waals surface area contributed by atoms with Crippen molar-refractivity contribution in [1.29, 1.82) is 0 Å². The maximum Gasteiger partial charge on any atom is 0.306 e. The first-order chi connectivity index (χ1) is 40.5. The molecule has 0 amide bonds. The lowest BCUT2D eigenvalue weighted by molar-refractivity contribution is -0.167. The lowest BCUT2D eigenvalue weighted by Gasteiger charge is -2.18. The van der Waals surface area contributed by atoms with Crippen LogP contribution in [0, 0.1) is 0 Å². The van der Waals surface area contributed by atoms with E-state index in [-0.39, 0.29) is 31.1 Å². The van der Waals surface area contributed by atoms with Gasteiger partial charge in [-0.05, 0) is 128 Å². The lowest BCUT2D eigenvalue weighted by Crippen LogP contribution is -2.30. The van der Waals surface area contributed by atoms with Crippen molar-refractivity contribution >= 4 is 17.9 Å². The van der Waals surface area contributed by atoms with Gasteiger partial charge in [-0.25, -0.2) is 0 Å². The van der Waals surface area contributed by atoms with Gasteiger partial charge in [0, 0.05) is 19.3 Å². The van der Waals surface area contributed by atoms with Gasteiger partial charge in [-0.15, -0.1) is 0 Å². The van der Waals surface area contributed by atoms with Crippen molar-refractivity contribution in [3.05, 3.63) is 158 Å². The zero-order valence-corrected chi connectivity index (χ0v) is 52.9. The molecule has 6 heteroatoms. The molecule has 0 rings (SSSR count). The lowest BCUT2D eigenvalue weighted by atomic mass is 10.0. The van der Waals surface area contributed by atoms with Crippen LogP contribution in [-0.4, -0.2) is 37.2 Å². The Balaban J connectivity index is 4.22. The first kappa shape index (κ1) is 77.0. The van der Waals surface area contributed by atoms with Crippen LogP contribution >= 0.6 is 0 Å². The van der Waals surface area contributed by atoms with Crippen molar-refractivity contribution in [2.75, 3.05) is 13.2 Å². The number of hydrogen-bond donors (Lipinski definition) is 0. The zero-order valence-electron chi connectivity index (χ0n) is 52.9. The Morgan fingerprint density at radius 2 is 0.476 bits per heavy atom. The third kappa shape index (κ3) is 65.8. The summed E-state index contributed by atoms with van der Waals surface area (Å²) in [6, 6.07) is 0. The molecule has 0 saturated carbocycles. The monoisotopic (exact) mass is 1130 g/mol. The van der Waals surface area contributed by atoms with Crippen molar-refractivity contribution in [3.63, 3.8) is 0 Å². The number of carbonyl (C=O) groups excluding carboxylic acids is 3. The minimum atomic E-state index is -0.798. The fourth-order valence-corrected chi connectivity index (χ4v) is 8.84. The van der Waals surface area contributed by atoms with Gasteiger partial charge in [-0.2, -0.15) is 0 Å². The van der Waals surface area contributed by atoms with Crippen LogP contribution in [0.4, 0.5) is 0 Å². The second-order valence-corrected chi connectivity index (χ2v) is 21.6. The van der Waals surface area contributed by atoms with Crippen LogP contribution in [-0.2, 0) is 28.6 Å². The molecular formula is C76H122O6. The fraction of sp³-hybridized carbons (Fsp3) is 0.618. The van der Waals surface area contributed by atoms with E-state index in [1.165, 1.54) is 89.9 Å². The summed E-state index contributed by atoms with van der Waals surface area (Å²) in [6.45, 7) is 6.36. The van der Waals surface area contributed by atoms with Crippen LogP contribution in [0.15, 0.2) is 158 Å². The molecule has 0 fully saturated rings. The van der Waals surface area contributed by atoms with Crippen molar-refractivity contribution in [2.24, 2.45) is 0 Å². The topological polar surface area (TPSA) is 78.9 Å². The highest BCUT2D eigenvalue weighted by atomic mass is 16.6. The molecule has 1 unspecified atom stereocenters. The van der Waals surface area contributed by atoms with E-state index in [9.17, 15) is 14.4 Å². The number of allylic oxidation sites excluding steroid dienone is 26. The highest BCUT2D eigenvalue weighted by Gasteiger charge is 2.19. The molecule has 1 atom stereocenters. The highest BCUT2D eigenvalue weighted by Crippen LogP contribution is 2.15. The van der Waals surface area contributed by atoms with Crippen LogP contribution in [0.25, 0.3) is 0 Å². The minimum absolute atomic E-state index is 0.0928. The van der Waals surface area contributed by atoms with E-state index < -0.39 is 6.10 Å². The standard InChI is InChI=1S/C76H122O6/c1-4-7-10-13-16-19-21-23-25-27-29-31-33-34-35-36-37-38-39-40-41-42-44-45-47-49-51-53-55-57-60-63-66-69-75(78)81-72-73(71-80-74(77)68-65-62-59-18-15-12-9-6-3)82-76(79)70-67-64-61-58-56-54-52-50-48-46-43-32-30-28-26-24-22-20-17-14-11-8-5-2/h7-8,10-11,16-17,19-20,23-26,29-32,34-35,37-38,40-41,46,48,52,54,73H,4-6,9,12-15,18,21-22,27-28,33,36,39,42-45,47,49-51,53,55-72H2,1-3H3/b10-7-,11-8-,19-16-,20-17-,25-23-,26-24-,31-29-,32-30-,35-34-,38-37-,41-40-,48-46-,54-52-. The number of esters is 3. The Bertz CT molecular complexity index is 1830. The average molecular weight is 1130 g/mol. The summed E-state index contributed by atoms with van der Waals surface area (Å²) >= 11 is 0. The second kappa shape index (κ2) is 68.5. The summed E-state index contributed by atoms with van der Waals surface area (Å²) in [5.41, 5.74) is 0. The van der Waals surface area contributed by atoms with Gasteiger partial charge in [0.05, 0.1) is 0 Å². The van der Waals surface area contributed by atoms with E-state index in [0.717, 1.165) is 154 Å². The zero-order chi connectivity index (χ0) is 59.2. The Morgan fingerprint density at radius 3 is 0.744 bits per heavy atom. The second-order valence-electron chi connectivity index (χ2n) is 21.6. The van der Waals surface area contributed by atoms with E-state index in [0.29, 0.717) is 19.3 Å². The molecule has 462 valence electrons. The third-order valence-corrected chi connectivity index (χ3v) is 13.8. The van der Waals surface area contributed by atoms with E-state index in [1.54, 1.807) is 0 Å². The summed E-state index contributed by atoms with van der Waals surface area (Å²) in [7, 11) is 0. The van der Waals surface area contributed by atoms with Crippen molar-refractivity contribution in [3.8, 4) is 0 Å². The number of hydrogen-bond acceptors (Lipinski definition) is 6. The van der Waals surface area contributed by atoms with E-state index in [4.69, 9.17) is 14.2 Å². The summed E-state index contributed by atoms with van der Waals surface area (Å²) in [4.78, 5) is 38.2. The molecule has 0 aliphatic heterocycles. The van der Waals surface area contributed by atoms with Crippen LogP contribution in [0.2, 0.25) is 0 Å². The molecule has 0 N–H and O–H groups in total. The molecule has 0 bridgehead atoms. The van der Waals surface area contributed by atoms with Gasteiger partial charge < -0.3 is 14.2 Å². The van der Waals surface area contributed by atoms with Crippen LogP contribution in [0.3, 0.4) is 0 Å². The fourth-order valence-electron chi connectivity index (χ4n) is 8.84. The molecular weight excluding hydrogens is 1010 g/mol. The maximum atomic E-state index is 12.9. The van der Waals surface area contributed by atoms with Crippen molar-refractivity contribution in [1.82, 2.24) is 0 Å². The van der Waals surface area contributed by atoms with Gasteiger partial charge in [0.1, 0.15) is 13.2 Å². The summed E-state index contributed by atoms with van der Waals surface area (Å²) in [5, 5.41) is 0. The first-order valence-electron chi connectivity index (χ1n) is 33.5. The maximum absolute atomic E-state index is 12.9. The largest absolute Gasteiger partial charge is 0.462 e. The van der Waals surface area contributed by atoms with E-state index in [2.05, 4.69) is 179 Å². The van der Waals surface area contributed by atoms with Gasteiger partial charge in [0.2, 0.25) is 0 Å². The number of unbranched alkanes of at least 4 members (excludes halogenated alkanes) is 22. The molecule has 0 aromatic carbocycles. The van der Waals surface area contributed by atoms with Gasteiger partial charge in [-0.3, -0.25) is 14.4 Å². The third-order valence-electron chi connectivity index (χ3n) is 13.8. The molecule has 0 aromatic rings. The Kier molecular flexibility index (Phi) is 64.4. The van der Waals surface area contributed by atoms with Gasteiger partial charge in [0.15, 0.2) is 6.10 Å². The smallest absolute Gasteiger partial charge is 0.306 e. The molecule has 82 heavy (non-hydrogen) atoms. The normalized spacial score (nSPS) is 13.2. The van der Waals surface area contributed by atoms with Gasteiger partial charge in [0.25, 0.3) is 0 Å². The Labute approximate surface area is 505 Å². The Morgan fingerprint density at radius 1 is 0.256 bits per heavy atom. The molecule has 0 saturated heterocycles. The highest BCUT2D eigenvalue weighted by molar-refractivity contribution is 5.71. The summed E-state index contributed by atoms with van der Waals surface area (Å²) in [6.07, 6.45) is 99.9. The predicted molar refractivity (Wildman–Crippen MR) is 357 cm³/mol. The van der Waals surface area contributed by atoms with Crippen LogP contribution < -0.4 is 0 Å². The molecule has 0 radical (unpaired) electrons. The van der Waals surface area contributed by atoms with Crippen molar-refractivity contribution in [2.45, 2.75) is 290 Å². The Hall–Kier alpha value is -4.97. The quantitative estimate of drug-likeness (QED) is 0.0261. The molecule has 0 spiro atoms. The van der Waals surface area contributed by atoms with Gasteiger partial charge in [-0.1, -0.05) is 294 Å². The SMILES string of the molecule is CC/C=C\C/C=C\C/C=C\C/C=C\C/C=C\C/C=C\C/C=C\CCCCCCCCCCCCCC(=O)OCC(COC(=O)CCCCCCCCCC)OC(=O)CCCCCC/C=C\C/C=C\C/C=C\C/C=C\C/C=C\C/C=C\CC. The molecule has 0 aliphatic rings. The van der Waals surface area contributed by atoms with Crippen LogP contribution in [0.5, 0.6) is 0 Å². The predicted octanol–water partition coefficient (Wildman–Crippen LogP) is 23.3. The molecule has 0 aliphatic carbocycles. The van der Waals surface area contributed by atoms with Crippen molar-refractivity contribution < 1.29 is 28.6 Å². The first-order valence-corrected chi connectivity index (χ1v) is 33.5. The minimum Gasteiger partial charge on any atom is -0.462 e. The van der Waals surface area contributed by atoms with E-state index >= 15 is 0 Å². The number of rotatable bonds is 59. The van der Waals surface area contributed by atoms with Gasteiger partial charge >= 0.3 is 17.9 Å². The average Bonchev–Trinajstić information content (AvgIpc) is 3.47. The van der Waals surface area contributed by atoms with E-state index in [1.807, 2.05) is 0 Å². The summed E-state index contributed by atoms with van der Waals surface area (Å²) < 4.78 is 16.9.